The van der Waals surface area contributed by atoms with Gasteiger partial charge in [0.1, 0.15) is 5.75 Å². The quantitative estimate of drug-likeness (QED) is 0.734. The van der Waals surface area contributed by atoms with Crippen molar-refractivity contribution in [3.63, 3.8) is 0 Å². The van der Waals surface area contributed by atoms with Crippen molar-refractivity contribution in [3.8, 4) is 16.9 Å². The van der Waals surface area contributed by atoms with E-state index >= 15 is 0 Å². The van der Waals surface area contributed by atoms with Crippen LogP contribution in [0.15, 0.2) is 66.7 Å². The smallest absolute Gasteiger partial charge is 0.251 e. The van der Waals surface area contributed by atoms with Gasteiger partial charge in [-0.2, -0.15) is 0 Å². The summed E-state index contributed by atoms with van der Waals surface area (Å²) in [6, 6.07) is 21.5. The fourth-order valence-corrected chi connectivity index (χ4v) is 2.71. The molecule has 3 rings (SSSR count). The molecule has 0 saturated heterocycles. The summed E-state index contributed by atoms with van der Waals surface area (Å²) in [5, 5.41) is 12.6. The van der Waals surface area contributed by atoms with Gasteiger partial charge in [0, 0.05) is 17.7 Å². The maximum absolute atomic E-state index is 12.3. The van der Waals surface area contributed by atoms with Crippen LogP contribution in [-0.4, -0.2) is 11.0 Å². The monoisotopic (exact) mass is 331 g/mol. The van der Waals surface area contributed by atoms with E-state index in [2.05, 4.69) is 48.6 Å². The summed E-state index contributed by atoms with van der Waals surface area (Å²) in [6.07, 6.45) is 0. The second-order valence-corrected chi connectivity index (χ2v) is 6.20. The number of hydrogen-bond acceptors (Lipinski definition) is 2. The molecule has 3 nitrogen and oxygen atoms in total. The summed E-state index contributed by atoms with van der Waals surface area (Å²) in [6.45, 7) is 4.26. The number of carbonyl (C=O) groups is 1. The molecule has 0 saturated carbocycles. The first-order valence-electron chi connectivity index (χ1n) is 8.27. The van der Waals surface area contributed by atoms with E-state index in [1.54, 1.807) is 25.1 Å². The third-order valence-corrected chi connectivity index (χ3v) is 4.34. The fraction of sp³-hybridized carbons (Fsp3) is 0.136. The van der Waals surface area contributed by atoms with Gasteiger partial charge in [0.15, 0.2) is 0 Å². The highest BCUT2D eigenvalue weighted by Crippen LogP contribution is 2.21. The zero-order valence-corrected chi connectivity index (χ0v) is 14.4. The predicted octanol–water partition coefficient (Wildman–Crippen LogP) is 4.61. The highest BCUT2D eigenvalue weighted by molar-refractivity contribution is 5.96. The van der Waals surface area contributed by atoms with Crippen molar-refractivity contribution in [2.24, 2.45) is 0 Å². The van der Waals surface area contributed by atoms with Crippen LogP contribution in [-0.2, 0) is 6.54 Å². The lowest BCUT2D eigenvalue weighted by Gasteiger charge is -2.09. The molecule has 0 fully saturated rings. The maximum atomic E-state index is 12.3. The van der Waals surface area contributed by atoms with Gasteiger partial charge in [-0.25, -0.2) is 0 Å². The zero-order chi connectivity index (χ0) is 17.8. The second kappa shape index (κ2) is 7.22. The Kier molecular flexibility index (Phi) is 4.85. The number of nitrogens with one attached hydrogen (secondary N) is 1. The molecule has 0 aromatic heterocycles. The van der Waals surface area contributed by atoms with E-state index in [1.165, 1.54) is 11.1 Å². The van der Waals surface area contributed by atoms with Crippen LogP contribution in [0.1, 0.15) is 27.0 Å². The highest BCUT2D eigenvalue weighted by atomic mass is 16.3. The molecule has 0 spiro atoms. The first kappa shape index (κ1) is 16.8. The zero-order valence-electron chi connectivity index (χ0n) is 14.4. The Balaban J connectivity index is 1.66. The Hall–Kier alpha value is -3.07. The minimum absolute atomic E-state index is 0.134. The SMILES string of the molecule is Cc1ccc(-c2ccc(CNC(=O)c3cccc(O)c3C)cc2)cc1. The van der Waals surface area contributed by atoms with Crippen LogP contribution in [0.5, 0.6) is 5.75 Å². The summed E-state index contributed by atoms with van der Waals surface area (Å²) in [5.74, 6) is -0.0499. The Bertz CT molecular complexity index is 881. The van der Waals surface area contributed by atoms with Gasteiger partial charge in [0.05, 0.1) is 0 Å². The summed E-state index contributed by atoms with van der Waals surface area (Å²) in [7, 11) is 0. The number of amides is 1. The average molecular weight is 331 g/mol. The van der Waals surface area contributed by atoms with Crippen molar-refractivity contribution in [1.29, 1.82) is 0 Å². The molecule has 0 aliphatic carbocycles. The van der Waals surface area contributed by atoms with Gasteiger partial charge in [-0.1, -0.05) is 60.2 Å². The van der Waals surface area contributed by atoms with Gasteiger partial charge in [0.25, 0.3) is 5.91 Å². The Labute approximate surface area is 148 Å². The van der Waals surface area contributed by atoms with Gasteiger partial charge in [-0.15, -0.1) is 0 Å². The highest BCUT2D eigenvalue weighted by Gasteiger charge is 2.10. The van der Waals surface area contributed by atoms with Crippen LogP contribution in [0.3, 0.4) is 0 Å². The van der Waals surface area contributed by atoms with E-state index in [1.807, 2.05) is 12.1 Å². The van der Waals surface area contributed by atoms with Gasteiger partial charge in [-0.05, 0) is 42.7 Å². The second-order valence-electron chi connectivity index (χ2n) is 6.20. The van der Waals surface area contributed by atoms with E-state index in [0.717, 1.165) is 11.1 Å². The Morgan fingerprint density at radius 1 is 0.880 bits per heavy atom. The van der Waals surface area contributed by atoms with Gasteiger partial charge in [-0.3, -0.25) is 4.79 Å². The lowest BCUT2D eigenvalue weighted by molar-refractivity contribution is 0.0950. The molecule has 0 aliphatic heterocycles. The minimum atomic E-state index is -0.184. The van der Waals surface area contributed by atoms with Gasteiger partial charge in [0.2, 0.25) is 0 Å². The summed E-state index contributed by atoms with van der Waals surface area (Å²) in [4.78, 5) is 12.3. The molecule has 0 atom stereocenters. The Morgan fingerprint density at radius 3 is 2.12 bits per heavy atom. The van der Waals surface area contributed by atoms with Crippen LogP contribution >= 0.6 is 0 Å². The van der Waals surface area contributed by atoms with Gasteiger partial charge < -0.3 is 10.4 Å². The van der Waals surface area contributed by atoms with Crippen LogP contribution in [0.25, 0.3) is 11.1 Å². The van der Waals surface area contributed by atoms with Crippen molar-refractivity contribution >= 4 is 5.91 Å². The maximum Gasteiger partial charge on any atom is 0.251 e. The average Bonchev–Trinajstić information content (AvgIpc) is 2.63. The molecule has 3 heteroatoms. The van der Waals surface area contributed by atoms with Crippen molar-refractivity contribution in [2.75, 3.05) is 0 Å². The minimum Gasteiger partial charge on any atom is -0.508 e. The van der Waals surface area contributed by atoms with Crippen molar-refractivity contribution < 1.29 is 9.90 Å². The van der Waals surface area contributed by atoms with Crippen LogP contribution in [0.4, 0.5) is 0 Å². The number of benzene rings is 3. The summed E-state index contributed by atoms with van der Waals surface area (Å²) >= 11 is 0. The topological polar surface area (TPSA) is 49.3 Å². The van der Waals surface area contributed by atoms with Crippen LogP contribution in [0, 0.1) is 13.8 Å². The Morgan fingerprint density at radius 2 is 1.48 bits per heavy atom. The molecular weight excluding hydrogens is 310 g/mol. The van der Waals surface area contributed by atoms with Gasteiger partial charge >= 0.3 is 0 Å². The normalized spacial score (nSPS) is 10.5. The van der Waals surface area contributed by atoms with Crippen LogP contribution < -0.4 is 5.32 Å². The lowest BCUT2D eigenvalue weighted by atomic mass is 10.0. The van der Waals surface area contributed by atoms with E-state index in [4.69, 9.17) is 0 Å². The number of hydrogen-bond donors (Lipinski definition) is 2. The molecule has 126 valence electrons. The van der Waals surface area contributed by atoms with E-state index < -0.39 is 0 Å². The third kappa shape index (κ3) is 3.89. The molecule has 0 radical (unpaired) electrons. The standard InChI is InChI=1S/C22H21NO2/c1-15-6-10-18(11-7-15)19-12-8-17(9-13-19)14-23-22(25)20-4-3-5-21(24)16(20)2/h3-13,24H,14H2,1-2H3,(H,23,25). The molecule has 0 unspecified atom stereocenters. The van der Waals surface area contributed by atoms with Crippen molar-refractivity contribution in [2.45, 2.75) is 20.4 Å². The van der Waals surface area contributed by atoms with E-state index in [9.17, 15) is 9.90 Å². The molecule has 3 aromatic rings. The molecular formula is C22H21NO2. The molecule has 3 aromatic carbocycles. The first-order chi connectivity index (χ1) is 12.0. The number of carbonyl (C=O) groups excluding carboxylic acids is 1. The number of aryl methyl sites for hydroxylation is 1. The number of phenols is 1. The fourth-order valence-electron chi connectivity index (χ4n) is 2.71. The molecule has 2 N–H and O–H groups in total. The molecule has 0 heterocycles. The number of rotatable bonds is 4. The molecule has 0 bridgehead atoms. The number of phenolic OH excluding ortho intramolecular Hbond substituents is 1. The lowest BCUT2D eigenvalue weighted by Crippen LogP contribution is -2.23. The summed E-state index contributed by atoms with van der Waals surface area (Å²) < 4.78 is 0. The largest absolute Gasteiger partial charge is 0.508 e. The third-order valence-electron chi connectivity index (χ3n) is 4.34. The van der Waals surface area contributed by atoms with Crippen LogP contribution in [0.2, 0.25) is 0 Å². The summed E-state index contributed by atoms with van der Waals surface area (Å²) in [5.41, 5.74) is 5.69. The molecule has 0 aliphatic rings. The van der Waals surface area contributed by atoms with E-state index in [0.29, 0.717) is 17.7 Å². The number of aromatic hydroxyl groups is 1. The molecule has 25 heavy (non-hydrogen) atoms. The van der Waals surface area contributed by atoms with Crippen molar-refractivity contribution in [1.82, 2.24) is 5.32 Å². The first-order valence-corrected chi connectivity index (χ1v) is 8.27. The molecule has 1 amide bonds. The van der Waals surface area contributed by atoms with E-state index in [-0.39, 0.29) is 11.7 Å². The predicted molar refractivity (Wildman–Crippen MR) is 101 cm³/mol. The van der Waals surface area contributed by atoms with Crippen molar-refractivity contribution in [3.05, 3.63) is 89.0 Å².